The first-order chi connectivity index (χ1) is 7.79. The van der Waals surface area contributed by atoms with Gasteiger partial charge in [-0.1, -0.05) is 6.58 Å². The third kappa shape index (κ3) is 5.38. The van der Waals surface area contributed by atoms with Crippen molar-refractivity contribution in [2.45, 2.75) is 47.0 Å². The SMILES string of the molecule is C=C(C)C(=O)OC(C)[N+](CC)(CC)CC(C)O.[Cl-]. The van der Waals surface area contributed by atoms with Gasteiger partial charge < -0.3 is 22.3 Å². The quantitative estimate of drug-likeness (QED) is 0.273. The number of ether oxygens (including phenoxy) is 1. The molecule has 0 spiro atoms. The molecule has 0 amide bonds. The predicted octanol–water partition coefficient (Wildman–Crippen LogP) is -1.31. The summed E-state index contributed by atoms with van der Waals surface area (Å²) in [6, 6.07) is 0. The molecule has 0 aromatic carbocycles. The van der Waals surface area contributed by atoms with Gasteiger partial charge in [0, 0.05) is 12.5 Å². The number of hydrogen-bond acceptors (Lipinski definition) is 3. The van der Waals surface area contributed by atoms with Crippen LogP contribution < -0.4 is 12.4 Å². The summed E-state index contributed by atoms with van der Waals surface area (Å²) in [5.74, 6) is -0.368. The minimum atomic E-state index is -0.416. The number of aliphatic hydroxyl groups excluding tert-OH is 1. The van der Waals surface area contributed by atoms with Crippen LogP contribution in [0.2, 0.25) is 0 Å². The molecular formula is C13H26ClNO3. The van der Waals surface area contributed by atoms with Crippen molar-refractivity contribution < 1.29 is 31.5 Å². The zero-order valence-electron chi connectivity index (χ0n) is 12.1. The largest absolute Gasteiger partial charge is 1.00 e. The number of likely N-dealkylation sites (N-methyl/N-ethyl adjacent to an activating group) is 1. The lowest BCUT2D eigenvalue weighted by Crippen LogP contribution is -3.00. The normalized spacial score (nSPS) is 14.3. The highest BCUT2D eigenvalue weighted by atomic mass is 35.5. The topological polar surface area (TPSA) is 46.5 Å². The van der Waals surface area contributed by atoms with E-state index < -0.39 is 6.10 Å². The Bertz CT molecular complexity index is 275. The molecule has 5 heteroatoms. The molecule has 18 heavy (non-hydrogen) atoms. The lowest BCUT2D eigenvalue weighted by molar-refractivity contribution is -0.966. The Morgan fingerprint density at radius 2 is 1.78 bits per heavy atom. The predicted molar refractivity (Wildman–Crippen MR) is 68.3 cm³/mol. The monoisotopic (exact) mass is 279 g/mol. The van der Waals surface area contributed by atoms with Crippen LogP contribution in [0.4, 0.5) is 0 Å². The smallest absolute Gasteiger partial charge is 0.337 e. The third-order valence-corrected chi connectivity index (χ3v) is 3.28. The molecule has 2 atom stereocenters. The zero-order valence-corrected chi connectivity index (χ0v) is 12.8. The summed E-state index contributed by atoms with van der Waals surface area (Å²) in [7, 11) is 0. The molecule has 0 radical (unpaired) electrons. The van der Waals surface area contributed by atoms with E-state index in [9.17, 15) is 9.90 Å². The molecule has 0 rings (SSSR count). The van der Waals surface area contributed by atoms with Gasteiger partial charge in [0.25, 0.3) is 0 Å². The first-order valence-electron chi connectivity index (χ1n) is 6.19. The number of carbonyl (C=O) groups excluding carboxylic acids is 1. The van der Waals surface area contributed by atoms with Crippen molar-refractivity contribution in [3.05, 3.63) is 12.2 Å². The summed E-state index contributed by atoms with van der Waals surface area (Å²) >= 11 is 0. The zero-order chi connectivity index (χ0) is 13.6. The number of aliphatic hydroxyl groups is 1. The van der Waals surface area contributed by atoms with E-state index in [1.54, 1.807) is 13.8 Å². The van der Waals surface area contributed by atoms with Crippen LogP contribution in [0.5, 0.6) is 0 Å². The van der Waals surface area contributed by atoms with Gasteiger partial charge in [-0.25, -0.2) is 4.79 Å². The van der Waals surface area contributed by atoms with E-state index in [2.05, 4.69) is 6.58 Å². The highest BCUT2D eigenvalue weighted by Crippen LogP contribution is 2.17. The maximum Gasteiger partial charge on any atom is 0.337 e. The third-order valence-electron chi connectivity index (χ3n) is 3.28. The van der Waals surface area contributed by atoms with E-state index in [0.29, 0.717) is 16.6 Å². The molecule has 0 heterocycles. The number of hydrogen-bond donors (Lipinski definition) is 1. The summed E-state index contributed by atoms with van der Waals surface area (Å²) in [6.07, 6.45) is -0.690. The highest BCUT2D eigenvalue weighted by Gasteiger charge is 2.34. The van der Waals surface area contributed by atoms with Crippen LogP contribution in [0.25, 0.3) is 0 Å². The van der Waals surface area contributed by atoms with Gasteiger partial charge in [0.15, 0.2) is 0 Å². The van der Waals surface area contributed by atoms with Gasteiger partial charge in [-0.3, -0.25) is 4.48 Å². The molecule has 0 saturated carbocycles. The maximum absolute atomic E-state index is 11.5. The van der Waals surface area contributed by atoms with E-state index in [0.717, 1.165) is 13.1 Å². The first kappa shape index (κ1) is 19.8. The van der Waals surface area contributed by atoms with Crippen LogP contribution in [0.15, 0.2) is 12.2 Å². The van der Waals surface area contributed by atoms with Crippen LogP contribution >= 0.6 is 0 Å². The van der Waals surface area contributed by atoms with Gasteiger partial charge in [-0.05, 0) is 27.7 Å². The van der Waals surface area contributed by atoms with E-state index in [-0.39, 0.29) is 24.6 Å². The van der Waals surface area contributed by atoms with Crippen molar-refractivity contribution in [1.29, 1.82) is 0 Å². The molecule has 4 nitrogen and oxygen atoms in total. The van der Waals surface area contributed by atoms with Crippen LogP contribution in [0, 0.1) is 0 Å². The molecule has 1 N–H and O–H groups in total. The lowest BCUT2D eigenvalue weighted by Gasteiger charge is -2.41. The van der Waals surface area contributed by atoms with E-state index in [1.165, 1.54) is 0 Å². The van der Waals surface area contributed by atoms with Gasteiger partial charge in [0.2, 0.25) is 6.23 Å². The number of nitrogens with zero attached hydrogens (tertiary/aromatic N) is 1. The minimum Gasteiger partial charge on any atom is -1.00 e. The molecule has 0 bridgehead atoms. The molecule has 0 fully saturated rings. The molecule has 0 aliphatic rings. The number of halogens is 1. The molecular weight excluding hydrogens is 254 g/mol. The number of quaternary nitrogens is 1. The Hall–Kier alpha value is -0.580. The standard InChI is InChI=1S/C13H26NO3.ClH/c1-7-14(8-2,9-11(5)15)12(6)17-13(16)10(3)4;/h11-12,15H,3,7-9H2,1-2,4-6H3;1H/q+1;/p-1. The second-order valence-corrected chi connectivity index (χ2v) is 4.67. The second kappa shape index (κ2) is 8.51. The number of carbonyl (C=O) groups is 1. The highest BCUT2D eigenvalue weighted by molar-refractivity contribution is 5.86. The van der Waals surface area contributed by atoms with Crippen molar-refractivity contribution in [2.75, 3.05) is 19.6 Å². The van der Waals surface area contributed by atoms with Crippen LogP contribution in [-0.2, 0) is 9.53 Å². The lowest BCUT2D eigenvalue weighted by atomic mass is 10.2. The Labute approximate surface area is 117 Å². The average Bonchev–Trinajstić information content (AvgIpc) is 2.25. The Kier molecular flexibility index (Phi) is 9.34. The molecule has 0 aliphatic heterocycles. The van der Waals surface area contributed by atoms with Crippen LogP contribution in [0.3, 0.4) is 0 Å². The van der Waals surface area contributed by atoms with Crippen molar-refractivity contribution in [2.24, 2.45) is 0 Å². The van der Waals surface area contributed by atoms with Crippen molar-refractivity contribution in [3.63, 3.8) is 0 Å². The van der Waals surface area contributed by atoms with E-state index >= 15 is 0 Å². The summed E-state index contributed by atoms with van der Waals surface area (Å²) in [5, 5.41) is 9.57. The number of rotatable bonds is 7. The molecule has 0 aromatic heterocycles. The Morgan fingerprint density at radius 1 is 1.33 bits per heavy atom. The molecule has 2 unspecified atom stereocenters. The van der Waals surface area contributed by atoms with Gasteiger partial charge in [0.05, 0.1) is 13.1 Å². The number of esters is 1. The maximum atomic E-state index is 11.5. The average molecular weight is 280 g/mol. The fourth-order valence-electron chi connectivity index (χ4n) is 2.04. The van der Waals surface area contributed by atoms with Gasteiger partial charge in [0.1, 0.15) is 12.6 Å². The van der Waals surface area contributed by atoms with Gasteiger partial charge in [-0.2, -0.15) is 0 Å². The van der Waals surface area contributed by atoms with E-state index in [4.69, 9.17) is 4.74 Å². The van der Waals surface area contributed by atoms with Crippen molar-refractivity contribution in [3.8, 4) is 0 Å². The minimum absolute atomic E-state index is 0. The van der Waals surface area contributed by atoms with Crippen LogP contribution in [-0.4, -0.2) is 47.5 Å². The van der Waals surface area contributed by atoms with Gasteiger partial charge in [-0.15, -0.1) is 0 Å². The van der Waals surface area contributed by atoms with Gasteiger partial charge >= 0.3 is 5.97 Å². The second-order valence-electron chi connectivity index (χ2n) is 4.67. The molecule has 108 valence electrons. The molecule has 0 aromatic rings. The van der Waals surface area contributed by atoms with E-state index in [1.807, 2.05) is 20.8 Å². The first-order valence-corrected chi connectivity index (χ1v) is 6.19. The summed E-state index contributed by atoms with van der Waals surface area (Å²) in [6.45, 7) is 15.1. The summed E-state index contributed by atoms with van der Waals surface area (Å²) in [5.41, 5.74) is 0.402. The fraction of sp³-hybridized carbons (Fsp3) is 0.769. The van der Waals surface area contributed by atoms with Crippen molar-refractivity contribution >= 4 is 5.97 Å². The van der Waals surface area contributed by atoms with Crippen molar-refractivity contribution in [1.82, 2.24) is 0 Å². The Balaban J connectivity index is 0. The Morgan fingerprint density at radius 3 is 2.06 bits per heavy atom. The summed E-state index contributed by atoms with van der Waals surface area (Å²) in [4.78, 5) is 11.5. The van der Waals surface area contributed by atoms with Crippen LogP contribution in [0.1, 0.15) is 34.6 Å². The molecule has 0 saturated heterocycles. The fourth-order valence-corrected chi connectivity index (χ4v) is 2.04. The molecule has 0 aliphatic carbocycles. The summed E-state index contributed by atoms with van der Waals surface area (Å²) < 4.78 is 5.95.